The van der Waals surface area contributed by atoms with E-state index in [1.807, 2.05) is 11.0 Å². The molecule has 0 radical (unpaired) electrons. The lowest BCUT2D eigenvalue weighted by Crippen LogP contribution is -2.51. The highest BCUT2D eigenvalue weighted by Crippen LogP contribution is 2.18. The topological polar surface area (TPSA) is 69.2 Å². The van der Waals surface area contributed by atoms with E-state index in [0.717, 1.165) is 64.7 Å². The molecule has 1 atom stereocenters. The fraction of sp³-hybridized carbons (Fsp3) is 0.680. The Morgan fingerprint density at radius 1 is 1.12 bits per heavy atom. The second-order valence-electron chi connectivity index (χ2n) is 9.20. The standard InChI is InChI=1S/C25H41N5O2.HI/c1-4-26-25(28-18-23(16-20(2)3)29-12-14-32-15-13-29)27-17-21-8-5-6-9-22(21)19-30-11-7-10-24(30)31;/h5-6,8-9,20,23H,4,7,10-19H2,1-3H3,(H2,26,27,28);1H. The molecule has 0 aliphatic carbocycles. The average Bonchev–Trinajstić information content (AvgIpc) is 3.20. The van der Waals surface area contributed by atoms with Crippen molar-refractivity contribution >= 4 is 35.8 Å². The van der Waals surface area contributed by atoms with Crippen LogP contribution in [0.25, 0.3) is 0 Å². The number of nitrogens with zero attached hydrogens (tertiary/aromatic N) is 3. The fourth-order valence-electron chi connectivity index (χ4n) is 4.51. The lowest BCUT2D eigenvalue weighted by Gasteiger charge is -2.35. The third-order valence-corrected chi connectivity index (χ3v) is 6.21. The monoisotopic (exact) mass is 571 g/mol. The van der Waals surface area contributed by atoms with Gasteiger partial charge in [-0.1, -0.05) is 38.1 Å². The van der Waals surface area contributed by atoms with Gasteiger partial charge in [0.2, 0.25) is 5.91 Å². The molecular formula is C25H42IN5O2. The number of amides is 1. The van der Waals surface area contributed by atoms with Crippen molar-refractivity contribution in [2.45, 2.75) is 59.2 Å². The highest BCUT2D eigenvalue weighted by atomic mass is 127. The predicted molar refractivity (Wildman–Crippen MR) is 145 cm³/mol. The Bertz CT molecular complexity index is 752. The molecule has 2 aliphatic rings. The highest BCUT2D eigenvalue weighted by Gasteiger charge is 2.23. The smallest absolute Gasteiger partial charge is 0.222 e. The van der Waals surface area contributed by atoms with Gasteiger partial charge in [0.15, 0.2) is 5.96 Å². The minimum Gasteiger partial charge on any atom is -0.379 e. The number of ether oxygens (including phenoxy) is 1. The largest absolute Gasteiger partial charge is 0.379 e. The van der Waals surface area contributed by atoms with Crippen molar-refractivity contribution in [1.29, 1.82) is 0 Å². The molecule has 33 heavy (non-hydrogen) atoms. The van der Waals surface area contributed by atoms with Gasteiger partial charge in [-0.2, -0.15) is 0 Å². The summed E-state index contributed by atoms with van der Waals surface area (Å²) in [5, 5.41) is 6.98. The number of guanidine groups is 1. The van der Waals surface area contributed by atoms with Crippen molar-refractivity contribution in [3.63, 3.8) is 0 Å². The minimum absolute atomic E-state index is 0. The van der Waals surface area contributed by atoms with Crippen LogP contribution in [0.15, 0.2) is 29.3 Å². The molecule has 2 fully saturated rings. The van der Waals surface area contributed by atoms with Crippen LogP contribution in [0.4, 0.5) is 0 Å². The van der Waals surface area contributed by atoms with Crippen molar-refractivity contribution in [2.75, 3.05) is 45.9 Å². The van der Waals surface area contributed by atoms with Gasteiger partial charge in [-0.25, -0.2) is 4.99 Å². The third kappa shape index (κ3) is 9.05. The van der Waals surface area contributed by atoms with E-state index in [2.05, 4.69) is 54.5 Å². The molecule has 0 spiro atoms. The molecule has 3 rings (SSSR count). The van der Waals surface area contributed by atoms with E-state index in [9.17, 15) is 4.79 Å². The minimum atomic E-state index is 0. The number of hydrogen-bond acceptors (Lipinski definition) is 4. The molecule has 2 heterocycles. The van der Waals surface area contributed by atoms with Gasteiger partial charge < -0.3 is 20.3 Å². The lowest BCUT2D eigenvalue weighted by molar-refractivity contribution is -0.128. The first-order valence-electron chi connectivity index (χ1n) is 12.2. The fourth-order valence-corrected chi connectivity index (χ4v) is 4.51. The van der Waals surface area contributed by atoms with Gasteiger partial charge in [0.05, 0.1) is 19.8 Å². The van der Waals surface area contributed by atoms with E-state index in [1.165, 1.54) is 11.1 Å². The Labute approximate surface area is 216 Å². The first kappa shape index (κ1) is 27.9. The maximum absolute atomic E-state index is 12.1. The number of aliphatic imine (C=N–C) groups is 1. The first-order valence-corrected chi connectivity index (χ1v) is 12.2. The summed E-state index contributed by atoms with van der Waals surface area (Å²) in [5.41, 5.74) is 2.37. The number of benzene rings is 1. The van der Waals surface area contributed by atoms with Crippen LogP contribution in [0.5, 0.6) is 0 Å². The summed E-state index contributed by atoms with van der Waals surface area (Å²) in [6.45, 7) is 14.1. The summed E-state index contributed by atoms with van der Waals surface area (Å²) in [7, 11) is 0. The Morgan fingerprint density at radius 3 is 2.48 bits per heavy atom. The molecule has 8 heteroatoms. The zero-order valence-electron chi connectivity index (χ0n) is 20.5. The Balaban J connectivity index is 0.00000385. The summed E-state index contributed by atoms with van der Waals surface area (Å²) < 4.78 is 5.55. The number of morpholine rings is 1. The van der Waals surface area contributed by atoms with Gasteiger partial charge >= 0.3 is 0 Å². The van der Waals surface area contributed by atoms with Crippen LogP contribution < -0.4 is 10.6 Å². The average molecular weight is 572 g/mol. The first-order chi connectivity index (χ1) is 15.6. The van der Waals surface area contributed by atoms with Crippen LogP contribution in [0.1, 0.15) is 51.2 Å². The number of halogens is 1. The Morgan fingerprint density at radius 2 is 1.85 bits per heavy atom. The van der Waals surface area contributed by atoms with E-state index in [-0.39, 0.29) is 29.9 Å². The zero-order valence-corrected chi connectivity index (χ0v) is 22.8. The van der Waals surface area contributed by atoms with Crippen LogP contribution in [0, 0.1) is 5.92 Å². The van der Waals surface area contributed by atoms with E-state index in [0.29, 0.717) is 31.5 Å². The SMILES string of the molecule is CCNC(=NCc1ccccc1CN1CCCC1=O)NCC(CC(C)C)N1CCOCC1.I. The van der Waals surface area contributed by atoms with Crippen molar-refractivity contribution in [2.24, 2.45) is 10.9 Å². The van der Waals surface area contributed by atoms with Crippen LogP contribution in [-0.4, -0.2) is 73.6 Å². The molecule has 0 saturated carbocycles. The molecule has 0 aromatic heterocycles. The van der Waals surface area contributed by atoms with E-state index in [4.69, 9.17) is 9.73 Å². The summed E-state index contributed by atoms with van der Waals surface area (Å²) in [6.07, 6.45) is 2.79. The maximum Gasteiger partial charge on any atom is 0.222 e. The van der Waals surface area contributed by atoms with Crippen molar-refractivity contribution in [3.8, 4) is 0 Å². The summed E-state index contributed by atoms with van der Waals surface area (Å²) in [6, 6.07) is 8.81. The van der Waals surface area contributed by atoms with Gasteiger partial charge in [0.1, 0.15) is 0 Å². The third-order valence-electron chi connectivity index (χ3n) is 6.21. The van der Waals surface area contributed by atoms with Crippen molar-refractivity contribution in [1.82, 2.24) is 20.4 Å². The normalized spacial score (nSPS) is 18.4. The second-order valence-corrected chi connectivity index (χ2v) is 9.20. The molecule has 1 aromatic rings. The lowest BCUT2D eigenvalue weighted by atomic mass is 10.0. The zero-order chi connectivity index (χ0) is 22.8. The molecule has 2 saturated heterocycles. The Kier molecular flexibility index (Phi) is 12.5. The van der Waals surface area contributed by atoms with Gasteiger partial charge in [-0.05, 0) is 36.8 Å². The van der Waals surface area contributed by atoms with Crippen molar-refractivity contribution < 1.29 is 9.53 Å². The molecule has 2 N–H and O–H groups in total. The van der Waals surface area contributed by atoms with Crippen LogP contribution in [0.3, 0.4) is 0 Å². The number of likely N-dealkylation sites (tertiary alicyclic amines) is 1. The molecule has 0 bridgehead atoms. The Hall–Kier alpha value is -1.39. The molecule has 1 aromatic carbocycles. The maximum atomic E-state index is 12.1. The quantitative estimate of drug-likeness (QED) is 0.257. The van der Waals surface area contributed by atoms with E-state index >= 15 is 0 Å². The van der Waals surface area contributed by atoms with Crippen LogP contribution in [0.2, 0.25) is 0 Å². The predicted octanol–water partition coefficient (Wildman–Crippen LogP) is 3.23. The molecular weight excluding hydrogens is 529 g/mol. The molecule has 2 aliphatic heterocycles. The van der Waals surface area contributed by atoms with Gasteiger partial charge in [-0.3, -0.25) is 9.69 Å². The number of nitrogens with one attached hydrogen (secondary N) is 2. The van der Waals surface area contributed by atoms with Crippen LogP contribution >= 0.6 is 24.0 Å². The van der Waals surface area contributed by atoms with E-state index < -0.39 is 0 Å². The molecule has 1 unspecified atom stereocenters. The molecule has 186 valence electrons. The summed E-state index contributed by atoms with van der Waals surface area (Å²) >= 11 is 0. The number of rotatable bonds is 10. The molecule has 7 nitrogen and oxygen atoms in total. The summed E-state index contributed by atoms with van der Waals surface area (Å²) in [5.74, 6) is 1.75. The van der Waals surface area contributed by atoms with Gasteiger partial charge in [0.25, 0.3) is 0 Å². The highest BCUT2D eigenvalue weighted by molar-refractivity contribution is 14.0. The van der Waals surface area contributed by atoms with Crippen molar-refractivity contribution in [3.05, 3.63) is 35.4 Å². The second kappa shape index (κ2) is 14.8. The number of hydrogen-bond donors (Lipinski definition) is 2. The van der Waals surface area contributed by atoms with Gasteiger partial charge in [0, 0.05) is 51.7 Å². The number of carbonyl (C=O) groups excluding carboxylic acids is 1. The van der Waals surface area contributed by atoms with E-state index in [1.54, 1.807) is 0 Å². The van der Waals surface area contributed by atoms with Gasteiger partial charge in [-0.15, -0.1) is 24.0 Å². The summed E-state index contributed by atoms with van der Waals surface area (Å²) in [4.78, 5) is 21.5. The number of carbonyl (C=O) groups is 1. The van der Waals surface area contributed by atoms with Crippen LogP contribution in [-0.2, 0) is 22.6 Å². The molecule has 1 amide bonds.